The van der Waals surface area contributed by atoms with E-state index in [1.807, 2.05) is 12.1 Å². The number of nitrogens with two attached hydrogens (primary N) is 1. The van der Waals surface area contributed by atoms with Crippen LogP contribution in [-0.4, -0.2) is 50.5 Å². The molecule has 10 heteroatoms. The first-order valence-corrected chi connectivity index (χ1v) is 17.8. The van der Waals surface area contributed by atoms with E-state index in [1.165, 1.54) is 75.2 Å². The number of pyridine rings is 2. The van der Waals surface area contributed by atoms with Crippen molar-refractivity contribution in [3.8, 4) is 0 Å². The van der Waals surface area contributed by atoms with Gasteiger partial charge in [0.15, 0.2) is 0 Å². The topological polar surface area (TPSA) is 122 Å². The van der Waals surface area contributed by atoms with Gasteiger partial charge in [0.1, 0.15) is 17.2 Å². The Morgan fingerprint density at radius 2 is 1.74 bits per heavy atom. The standard InChI is InChI=1S/C20H31N3.C17H19ClN4O2/c1-2-3-4-5-6-7-8-9-13-22-16-17-10-11-19-18(15-17)12-14-23-20(19)21;18-14-7-11(8-19-16(14)21-5-1-2-6-21)9-22-10-13(17(23)24)15(20-22)12-3-4-12/h10-12,14-15,22H,2-9,13,16H2,1H3,(H2,21,23);7-8,10,12H,1-6,9H2,(H,23,24). The smallest absolute Gasteiger partial charge is 0.339 e. The van der Waals surface area contributed by atoms with E-state index in [4.69, 9.17) is 17.3 Å². The van der Waals surface area contributed by atoms with Crippen LogP contribution in [0, 0.1) is 0 Å². The normalized spacial score (nSPS) is 14.4. The molecule has 2 fully saturated rings. The van der Waals surface area contributed by atoms with E-state index in [9.17, 15) is 9.90 Å². The molecule has 0 amide bonds. The van der Waals surface area contributed by atoms with Gasteiger partial charge in [-0.3, -0.25) is 4.68 Å². The lowest BCUT2D eigenvalue weighted by atomic mass is 10.1. The number of nitrogens with zero attached hydrogens (tertiary/aromatic N) is 5. The average Bonchev–Trinajstić information content (AvgIpc) is 3.59. The monoisotopic (exact) mass is 659 g/mol. The number of unbranched alkanes of at least 4 members (excludes halogenated alkanes) is 7. The number of carbonyl (C=O) groups is 1. The largest absolute Gasteiger partial charge is 0.478 e. The number of nitrogens with one attached hydrogen (secondary N) is 1. The molecule has 1 saturated carbocycles. The van der Waals surface area contributed by atoms with Crippen molar-refractivity contribution in [2.75, 3.05) is 30.3 Å². The molecular formula is C37H50ClN7O2. The number of hydrogen-bond donors (Lipinski definition) is 3. The maximum absolute atomic E-state index is 11.4. The molecule has 4 heterocycles. The van der Waals surface area contributed by atoms with Gasteiger partial charge in [-0.25, -0.2) is 14.8 Å². The lowest BCUT2D eigenvalue weighted by molar-refractivity contribution is 0.0695. The Labute approximate surface area is 283 Å². The van der Waals surface area contributed by atoms with Crippen molar-refractivity contribution in [1.82, 2.24) is 25.1 Å². The summed E-state index contributed by atoms with van der Waals surface area (Å²) in [6.45, 7) is 6.77. The Morgan fingerprint density at radius 1 is 1.00 bits per heavy atom. The molecule has 0 radical (unpaired) electrons. The van der Waals surface area contributed by atoms with Gasteiger partial charge in [0.2, 0.25) is 0 Å². The zero-order chi connectivity index (χ0) is 33.0. The van der Waals surface area contributed by atoms with Gasteiger partial charge in [0.25, 0.3) is 0 Å². The molecule has 1 saturated heterocycles. The fourth-order valence-corrected chi connectivity index (χ4v) is 6.53. The van der Waals surface area contributed by atoms with Crippen molar-refractivity contribution in [3.05, 3.63) is 76.3 Å². The van der Waals surface area contributed by atoms with E-state index in [0.29, 0.717) is 34.6 Å². The number of carboxylic acids is 1. The zero-order valence-electron chi connectivity index (χ0n) is 27.8. The first-order chi connectivity index (χ1) is 22.9. The average molecular weight is 660 g/mol. The Kier molecular flexibility index (Phi) is 12.9. The highest BCUT2D eigenvalue weighted by Crippen LogP contribution is 2.40. The van der Waals surface area contributed by atoms with Gasteiger partial charge in [-0.2, -0.15) is 5.10 Å². The van der Waals surface area contributed by atoms with Gasteiger partial charge in [0.05, 0.1) is 17.3 Å². The maximum Gasteiger partial charge on any atom is 0.339 e. The van der Waals surface area contributed by atoms with Gasteiger partial charge in [-0.15, -0.1) is 0 Å². The van der Waals surface area contributed by atoms with Crippen molar-refractivity contribution < 1.29 is 9.90 Å². The summed E-state index contributed by atoms with van der Waals surface area (Å²) < 4.78 is 1.68. The van der Waals surface area contributed by atoms with Crippen LogP contribution < -0.4 is 16.0 Å². The molecular weight excluding hydrogens is 610 g/mol. The van der Waals surface area contributed by atoms with Crippen LogP contribution in [0.2, 0.25) is 5.02 Å². The minimum absolute atomic E-state index is 0.302. The second kappa shape index (κ2) is 17.5. The number of benzene rings is 1. The van der Waals surface area contributed by atoms with E-state index < -0.39 is 5.97 Å². The number of fused-ring (bicyclic) bond motifs is 1. The van der Waals surface area contributed by atoms with Gasteiger partial charge < -0.3 is 21.1 Å². The highest BCUT2D eigenvalue weighted by Gasteiger charge is 2.31. The number of aromatic nitrogens is 4. The minimum atomic E-state index is -0.913. The molecule has 4 aromatic rings. The molecule has 9 nitrogen and oxygen atoms in total. The molecule has 252 valence electrons. The Morgan fingerprint density at radius 3 is 2.45 bits per heavy atom. The van der Waals surface area contributed by atoms with E-state index in [1.54, 1.807) is 23.3 Å². The highest BCUT2D eigenvalue weighted by molar-refractivity contribution is 6.33. The summed E-state index contributed by atoms with van der Waals surface area (Å²) in [6.07, 6.45) is 20.6. The summed E-state index contributed by atoms with van der Waals surface area (Å²) >= 11 is 6.40. The lowest BCUT2D eigenvalue weighted by Gasteiger charge is -2.18. The molecule has 4 N–H and O–H groups in total. The summed E-state index contributed by atoms with van der Waals surface area (Å²) in [7, 11) is 0. The lowest BCUT2D eigenvalue weighted by Crippen LogP contribution is -2.19. The number of aromatic carboxylic acids is 1. The molecule has 1 aromatic carbocycles. The van der Waals surface area contributed by atoms with E-state index in [0.717, 1.165) is 55.8 Å². The molecule has 3 aromatic heterocycles. The second-order valence-electron chi connectivity index (χ2n) is 13.0. The predicted molar refractivity (Wildman–Crippen MR) is 191 cm³/mol. The third-order valence-electron chi connectivity index (χ3n) is 9.01. The fraction of sp³-hybridized carbons (Fsp3) is 0.514. The third-order valence-corrected chi connectivity index (χ3v) is 9.29. The first-order valence-electron chi connectivity index (χ1n) is 17.5. The van der Waals surface area contributed by atoms with Gasteiger partial charge >= 0.3 is 5.97 Å². The van der Waals surface area contributed by atoms with Crippen molar-refractivity contribution in [2.24, 2.45) is 0 Å². The molecule has 1 aliphatic carbocycles. The van der Waals surface area contributed by atoms with E-state index >= 15 is 0 Å². The summed E-state index contributed by atoms with van der Waals surface area (Å²) in [4.78, 5) is 22.2. The van der Waals surface area contributed by atoms with E-state index in [-0.39, 0.29) is 0 Å². The van der Waals surface area contributed by atoms with Gasteiger partial charge in [0, 0.05) is 49.5 Å². The van der Waals surface area contributed by atoms with Crippen LogP contribution in [0.3, 0.4) is 0 Å². The molecule has 0 bridgehead atoms. The Hall–Kier alpha value is -3.69. The van der Waals surface area contributed by atoms with Crippen molar-refractivity contribution in [2.45, 2.75) is 103 Å². The minimum Gasteiger partial charge on any atom is -0.478 e. The Bertz CT molecular complexity index is 1600. The summed E-state index contributed by atoms with van der Waals surface area (Å²) in [6, 6.07) is 10.3. The highest BCUT2D eigenvalue weighted by atomic mass is 35.5. The van der Waals surface area contributed by atoms with Crippen LogP contribution in [0.5, 0.6) is 0 Å². The predicted octanol–water partition coefficient (Wildman–Crippen LogP) is 8.20. The SMILES string of the molecule is CCCCCCCCCCNCc1ccc2c(N)nccc2c1.O=C(O)c1cn(Cc2cnc(N3CCCC3)c(Cl)c2)nc1C1CC1. The summed E-state index contributed by atoms with van der Waals surface area (Å²) in [5.41, 5.74) is 9.13. The summed E-state index contributed by atoms with van der Waals surface area (Å²) in [5.74, 6) is 0.838. The van der Waals surface area contributed by atoms with Gasteiger partial charge in [-0.1, -0.05) is 75.6 Å². The third kappa shape index (κ3) is 10.1. The van der Waals surface area contributed by atoms with Crippen LogP contribution in [-0.2, 0) is 13.1 Å². The second-order valence-corrected chi connectivity index (χ2v) is 13.4. The quantitative estimate of drug-likeness (QED) is 0.103. The zero-order valence-corrected chi connectivity index (χ0v) is 28.5. The van der Waals surface area contributed by atoms with E-state index in [2.05, 4.69) is 50.4 Å². The van der Waals surface area contributed by atoms with Gasteiger partial charge in [-0.05, 0) is 73.4 Å². The Balaban J connectivity index is 0.000000185. The number of hydrogen-bond acceptors (Lipinski definition) is 7. The maximum atomic E-state index is 11.4. The number of carboxylic acid groups (broad SMARTS) is 1. The number of nitrogen functional groups attached to an aromatic ring is 1. The molecule has 1 aliphatic heterocycles. The summed E-state index contributed by atoms with van der Waals surface area (Å²) in [5, 5.41) is 20.2. The number of halogens is 1. The van der Waals surface area contributed by atoms with Crippen molar-refractivity contribution >= 4 is 40.0 Å². The molecule has 2 aliphatic rings. The molecule has 0 spiro atoms. The molecule has 0 unspecified atom stereocenters. The van der Waals surface area contributed by atoms with Crippen LogP contribution in [0.25, 0.3) is 10.8 Å². The van der Waals surface area contributed by atoms with Crippen LogP contribution >= 0.6 is 11.6 Å². The van der Waals surface area contributed by atoms with Crippen LogP contribution in [0.4, 0.5) is 11.6 Å². The fourth-order valence-electron chi connectivity index (χ4n) is 6.22. The van der Waals surface area contributed by atoms with Crippen LogP contribution in [0.15, 0.2) is 48.9 Å². The van der Waals surface area contributed by atoms with Crippen molar-refractivity contribution in [3.63, 3.8) is 0 Å². The molecule has 6 rings (SSSR count). The molecule has 0 atom stereocenters. The van der Waals surface area contributed by atoms with Crippen molar-refractivity contribution in [1.29, 1.82) is 0 Å². The first kappa shape index (κ1) is 34.6. The number of rotatable bonds is 16. The number of anilines is 2. The van der Waals surface area contributed by atoms with Crippen LogP contribution in [0.1, 0.15) is 117 Å². The molecule has 47 heavy (non-hydrogen) atoms.